The van der Waals surface area contributed by atoms with Crippen LogP contribution in [0.3, 0.4) is 0 Å². The number of hydrogen-bond acceptors (Lipinski definition) is 6. The minimum Gasteiger partial charge on any atom is -0.459 e. The van der Waals surface area contributed by atoms with Crippen molar-refractivity contribution in [2.75, 3.05) is 25.1 Å². The monoisotopic (exact) mass is 447 g/mol. The van der Waals surface area contributed by atoms with Crippen molar-refractivity contribution in [1.82, 2.24) is 0 Å². The van der Waals surface area contributed by atoms with Gasteiger partial charge in [0.2, 0.25) is 0 Å². The molecule has 1 aromatic carbocycles. The van der Waals surface area contributed by atoms with Gasteiger partial charge in [-0.2, -0.15) is 0 Å². The molecule has 180 valence electrons. The lowest BCUT2D eigenvalue weighted by molar-refractivity contribution is 0.00933. The Balaban J connectivity index is 2.51. The topological polar surface area (TPSA) is 99.0 Å². The van der Waals surface area contributed by atoms with E-state index in [2.05, 4.69) is 24.1 Å². The SMILES string of the molecule is CCCCCC(C#CCCCCCCCCO)Nc1ccc(C(=O)OCC(O)CO)cc1. The van der Waals surface area contributed by atoms with Crippen LogP contribution in [0.5, 0.6) is 0 Å². The van der Waals surface area contributed by atoms with Gasteiger partial charge in [-0.15, -0.1) is 5.92 Å². The van der Waals surface area contributed by atoms with Crippen LogP contribution in [0, 0.1) is 11.8 Å². The lowest BCUT2D eigenvalue weighted by atomic mass is 10.1. The highest BCUT2D eigenvalue weighted by Crippen LogP contribution is 2.15. The highest BCUT2D eigenvalue weighted by Gasteiger charge is 2.11. The summed E-state index contributed by atoms with van der Waals surface area (Å²) >= 11 is 0. The molecule has 0 saturated heterocycles. The molecule has 0 radical (unpaired) electrons. The fraction of sp³-hybridized carbons (Fsp3) is 0.654. The van der Waals surface area contributed by atoms with Gasteiger partial charge in [-0.1, -0.05) is 57.8 Å². The Kier molecular flexibility index (Phi) is 16.2. The van der Waals surface area contributed by atoms with Crippen molar-refractivity contribution in [3.8, 4) is 11.8 Å². The standard InChI is InChI=1S/C26H41NO5/c1-2-3-10-13-23(14-11-8-6-4-5-7-9-12-19-28)27-24-17-15-22(16-18-24)26(31)32-21-25(30)20-29/h15-18,23,25,27-30H,2-10,12-13,19-21H2,1H3. The van der Waals surface area contributed by atoms with Gasteiger partial charge in [0, 0.05) is 18.7 Å². The second-order valence-corrected chi connectivity index (χ2v) is 8.12. The highest BCUT2D eigenvalue weighted by molar-refractivity contribution is 5.89. The summed E-state index contributed by atoms with van der Waals surface area (Å²) in [4.78, 5) is 12.0. The molecule has 0 aromatic heterocycles. The first kappa shape index (κ1) is 28.0. The van der Waals surface area contributed by atoms with E-state index in [9.17, 15) is 9.90 Å². The molecule has 0 aliphatic heterocycles. The van der Waals surface area contributed by atoms with Crippen molar-refractivity contribution in [3.05, 3.63) is 29.8 Å². The molecular weight excluding hydrogens is 406 g/mol. The van der Waals surface area contributed by atoms with E-state index in [4.69, 9.17) is 14.9 Å². The Labute approximate surface area is 193 Å². The van der Waals surface area contributed by atoms with E-state index in [0.717, 1.165) is 50.6 Å². The zero-order chi connectivity index (χ0) is 23.4. The van der Waals surface area contributed by atoms with Crippen LogP contribution in [0.4, 0.5) is 5.69 Å². The maximum atomic E-state index is 12.0. The van der Waals surface area contributed by atoms with Gasteiger partial charge in [0.1, 0.15) is 12.7 Å². The summed E-state index contributed by atoms with van der Waals surface area (Å²) in [6.07, 6.45) is 11.0. The fourth-order valence-corrected chi connectivity index (χ4v) is 3.22. The quantitative estimate of drug-likeness (QED) is 0.162. The predicted molar refractivity (Wildman–Crippen MR) is 129 cm³/mol. The average molecular weight is 448 g/mol. The first-order valence-corrected chi connectivity index (χ1v) is 12.0. The van der Waals surface area contributed by atoms with E-state index in [0.29, 0.717) is 12.2 Å². The number of aliphatic hydroxyl groups is 3. The van der Waals surface area contributed by atoms with Crippen molar-refractivity contribution in [1.29, 1.82) is 0 Å². The third-order valence-electron chi connectivity index (χ3n) is 5.16. The van der Waals surface area contributed by atoms with Crippen molar-refractivity contribution in [2.45, 2.75) is 89.7 Å². The average Bonchev–Trinajstić information content (AvgIpc) is 2.81. The van der Waals surface area contributed by atoms with Gasteiger partial charge in [-0.25, -0.2) is 4.79 Å². The van der Waals surface area contributed by atoms with E-state index in [-0.39, 0.29) is 12.6 Å². The molecule has 6 nitrogen and oxygen atoms in total. The maximum absolute atomic E-state index is 12.0. The largest absolute Gasteiger partial charge is 0.459 e. The van der Waals surface area contributed by atoms with Crippen molar-refractivity contribution >= 4 is 11.7 Å². The number of hydrogen-bond donors (Lipinski definition) is 4. The Morgan fingerprint density at radius 1 is 1.00 bits per heavy atom. The second-order valence-electron chi connectivity index (χ2n) is 8.12. The number of carbonyl (C=O) groups excluding carboxylic acids is 1. The van der Waals surface area contributed by atoms with E-state index in [1.165, 1.54) is 25.7 Å². The number of rotatable bonds is 17. The Morgan fingerprint density at radius 2 is 1.69 bits per heavy atom. The Bertz CT molecular complexity index is 665. The van der Waals surface area contributed by atoms with Crippen LogP contribution in [-0.4, -0.2) is 53.3 Å². The van der Waals surface area contributed by atoms with Gasteiger partial charge >= 0.3 is 5.97 Å². The zero-order valence-electron chi connectivity index (χ0n) is 19.5. The molecule has 2 atom stereocenters. The molecule has 4 N–H and O–H groups in total. The van der Waals surface area contributed by atoms with Gasteiger partial charge in [0.15, 0.2) is 0 Å². The van der Waals surface area contributed by atoms with Crippen LogP contribution >= 0.6 is 0 Å². The highest BCUT2D eigenvalue weighted by atomic mass is 16.5. The molecule has 6 heteroatoms. The van der Waals surface area contributed by atoms with E-state index in [1.807, 2.05) is 12.1 Å². The number of nitrogens with one attached hydrogen (secondary N) is 1. The molecule has 0 heterocycles. The normalized spacial score (nSPS) is 12.5. The smallest absolute Gasteiger partial charge is 0.338 e. The second kappa shape index (κ2) is 18.5. The van der Waals surface area contributed by atoms with Crippen LogP contribution in [-0.2, 0) is 4.74 Å². The van der Waals surface area contributed by atoms with Crippen LogP contribution in [0.2, 0.25) is 0 Å². The molecule has 0 spiro atoms. The van der Waals surface area contributed by atoms with Crippen molar-refractivity contribution in [3.63, 3.8) is 0 Å². The van der Waals surface area contributed by atoms with E-state index in [1.54, 1.807) is 12.1 Å². The van der Waals surface area contributed by atoms with Gasteiger partial charge in [-0.05, 0) is 43.5 Å². The molecule has 1 aromatic rings. The molecule has 0 aliphatic rings. The summed E-state index contributed by atoms with van der Waals surface area (Å²) < 4.78 is 4.98. The van der Waals surface area contributed by atoms with Gasteiger partial charge in [-0.3, -0.25) is 0 Å². The van der Waals surface area contributed by atoms with Gasteiger partial charge < -0.3 is 25.4 Å². The predicted octanol–water partition coefficient (Wildman–Crippen LogP) is 4.28. The Hall–Kier alpha value is -2.07. The number of unbranched alkanes of at least 4 members (excludes halogenated alkanes) is 8. The number of esters is 1. The number of aliphatic hydroxyl groups excluding tert-OH is 3. The fourth-order valence-electron chi connectivity index (χ4n) is 3.22. The van der Waals surface area contributed by atoms with Crippen molar-refractivity contribution in [2.24, 2.45) is 0 Å². The number of anilines is 1. The molecule has 0 bridgehead atoms. The third kappa shape index (κ3) is 13.4. The Morgan fingerprint density at radius 3 is 2.34 bits per heavy atom. The van der Waals surface area contributed by atoms with Crippen LogP contribution in [0.1, 0.15) is 87.9 Å². The summed E-state index contributed by atoms with van der Waals surface area (Å²) in [6.45, 7) is 1.81. The van der Waals surface area contributed by atoms with Crippen molar-refractivity contribution < 1.29 is 24.9 Å². The molecule has 0 amide bonds. The van der Waals surface area contributed by atoms with Crippen LogP contribution < -0.4 is 5.32 Å². The van der Waals surface area contributed by atoms with Gasteiger partial charge in [0.05, 0.1) is 18.2 Å². The minimum atomic E-state index is -1.06. The third-order valence-corrected chi connectivity index (χ3v) is 5.16. The minimum absolute atomic E-state index is 0.0728. The van der Waals surface area contributed by atoms with Gasteiger partial charge in [0.25, 0.3) is 0 Å². The molecule has 0 aliphatic carbocycles. The van der Waals surface area contributed by atoms with E-state index >= 15 is 0 Å². The van der Waals surface area contributed by atoms with Crippen LogP contribution in [0.15, 0.2) is 24.3 Å². The molecule has 2 unspecified atom stereocenters. The maximum Gasteiger partial charge on any atom is 0.338 e. The first-order chi connectivity index (χ1) is 15.6. The summed E-state index contributed by atoms with van der Waals surface area (Å²) in [5.41, 5.74) is 1.30. The number of benzene rings is 1. The molecule has 32 heavy (non-hydrogen) atoms. The van der Waals surface area contributed by atoms with Crippen LogP contribution in [0.25, 0.3) is 0 Å². The summed E-state index contributed by atoms with van der Waals surface area (Å²) in [7, 11) is 0. The zero-order valence-corrected chi connectivity index (χ0v) is 19.5. The lowest BCUT2D eigenvalue weighted by Gasteiger charge is -2.15. The summed E-state index contributed by atoms with van der Waals surface area (Å²) in [5.74, 6) is 6.18. The summed E-state index contributed by atoms with van der Waals surface area (Å²) in [5, 5.41) is 30.3. The first-order valence-electron chi connectivity index (χ1n) is 12.0. The number of carbonyl (C=O) groups is 1. The molecule has 0 fully saturated rings. The van der Waals surface area contributed by atoms with E-state index < -0.39 is 18.7 Å². The summed E-state index contributed by atoms with van der Waals surface area (Å²) in [6, 6.07) is 7.11. The molecule has 1 rings (SSSR count). The molecule has 0 saturated carbocycles. The lowest BCUT2D eigenvalue weighted by Crippen LogP contribution is -2.22. The number of ether oxygens (including phenoxy) is 1. The molecular formula is C26H41NO5.